The van der Waals surface area contributed by atoms with E-state index in [-0.39, 0.29) is 6.10 Å². The van der Waals surface area contributed by atoms with Gasteiger partial charge in [0, 0.05) is 6.54 Å². The molecule has 0 saturated carbocycles. The van der Waals surface area contributed by atoms with E-state index < -0.39 is 0 Å². The number of hydrogen-bond donors (Lipinski definition) is 1. The van der Waals surface area contributed by atoms with Gasteiger partial charge in [-0.2, -0.15) is 0 Å². The van der Waals surface area contributed by atoms with Crippen LogP contribution in [0.1, 0.15) is 26.2 Å². The number of aliphatic hydroxyl groups is 1. The molecule has 1 heterocycles. The molecule has 0 bridgehead atoms. The van der Waals surface area contributed by atoms with E-state index in [1.165, 1.54) is 32.4 Å². The highest BCUT2D eigenvalue weighted by molar-refractivity contribution is 4.66. The summed E-state index contributed by atoms with van der Waals surface area (Å²) in [5, 5.41) is 9.06. The van der Waals surface area contributed by atoms with E-state index in [2.05, 4.69) is 4.90 Å². The first-order valence-corrected chi connectivity index (χ1v) is 4.19. The molecule has 0 aromatic heterocycles. The second-order valence-electron chi connectivity index (χ2n) is 3.21. The molecule has 1 aliphatic heterocycles. The van der Waals surface area contributed by atoms with Crippen LogP contribution in [0.5, 0.6) is 0 Å². The summed E-state index contributed by atoms with van der Waals surface area (Å²) < 4.78 is 0. The molecule has 1 atom stereocenters. The molecular formula is C8H17NO. The Morgan fingerprint density at radius 1 is 1.30 bits per heavy atom. The van der Waals surface area contributed by atoms with Gasteiger partial charge < -0.3 is 10.0 Å². The van der Waals surface area contributed by atoms with Crippen molar-refractivity contribution in [2.75, 3.05) is 19.6 Å². The second-order valence-corrected chi connectivity index (χ2v) is 3.21. The van der Waals surface area contributed by atoms with Gasteiger partial charge in [0.25, 0.3) is 0 Å². The molecule has 2 heteroatoms. The van der Waals surface area contributed by atoms with Gasteiger partial charge in [-0.1, -0.05) is 6.42 Å². The summed E-state index contributed by atoms with van der Waals surface area (Å²) in [7, 11) is 0. The normalized spacial score (nSPS) is 24.6. The number of piperidine rings is 1. The Balaban J connectivity index is 2.13. The lowest BCUT2D eigenvalue weighted by atomic mass is 10.1. The summed E-state index contributed by atoms with van der Waals surface area (Å²) in [6.45, 7) is 5.09. The minimum atomic E-state index is -0.155. The lowest BCUT2D eigenvalue weighted by Gasteiger charge is -2.27. The molecule has 0 amide bonds. The zero-order chi connectivity index (χ0) is 7.40. The van der Waals surface area contributed by atoms with Crippen molar-refractivity contribution in [3.63, 3.8) is 0 Å². The number of β-amino-alcohol motifs (C(OH)–C–C–N with tert-alkyl or cyclic N) is 1. The second kappa shape index (κ2) is 3.94. The van der Waals surface area contributed by atoms with Crippen LogP contribution in [0.15, 0.2) is 0 Å². The van der Waals surface area contributed by atoms with Crippen LogP contribution in [-0.4, -0.2) is 35.7 Å². The molecule has 1 N–H and O–H groups in total. The first-order valence-electron chi connectivity index (χ1n) is 4.19. The van der Waals surface area contributed by atoms with Crippen LogP contribution < -0.4 is 0 Å². The smallest absolute Gasteiger partial charge is 0.0639 e. The lowest BCUT2D eigenvalue weighted by molar-refractivity contribution is 0.114. The summed E-state index contributed by atoms with van der Waals surface area (Å²) in [5.74, 6) is 0. The van der Waals surface area contributed by atoms with Crippen molar-refractivity contribution in [2.45, 2.75) is 32.3 Å². The minimum absolute atomic E-state index is 0.155. The molecule has 0 radical (unpaired) electrons. The van der Waals surface area contributed by atoms with E-state index in [4.69, 9.17) is 5.11 Å². The first-order chi connectivity index (χ1) is 4.79. The van der Waals surface area contributed by atoms with E-state index in [0.29, 0.717) is 0 Å². The van der Waals surface area contributed by atoms with Crippen LogP contribution in [-0.2, 0) is 0 Å². The van der Waals surface area contributed by atoms with Crippen LogP contribution >= 0.6 is 0 Å². The number of nitrogens with zero attached hydrogens (tertiary/aromatic N) is 1. The van der Waals surface area contributed by atoms with Gasteiger partial charge in [0.2, 0.25) is 0 Å². The Kier molecular flexibility index (Phi) is 3.16. The fourth-order valence-electron chi connectivity index (χ4n) is 1.52. The Bertz CT molecular complexity index is 87.3. The molecule has 0 unspecified atom stereocenters. The van der Waals surface area contributed by atoms with Crippen molar-refractivity contribution >= 4 is 0 Å². The standard InChI is InChI=1S/C8H17NO/c1-8(10)7-9-5-3-2-4-6-9/h8,10H,2-7H2,1H3/t8-/m1/s1. The summed E-state index contributed by atoms with van der Waals surface area (Å²) in [4.78, 5) is 2.34. The molecule has 1 aliphatic rings. The third-order valence-electron chi connectivity index (χ3n) is 1.97. The predicted octanol–water partition coefficient (Wildman–Crippen LogP) is 0.853. The number of aliphatic hydroxyl groups excluding tert-OH is 1. The average molecular weight is 143 g/mol. The van der Waals surface area contributed by atoms with Gasteiger partial charge >= 0.3 is 0 Å². The van der Waals surface area contributed by atoms with Gasteiger partial charge in [-0.3, -0.25) is 0 Å². The molecule has 1 saturated heterocycles. The van der Waals surface area contributed by atoms with Gasteiger partial charge in [0.15, 0.2) is 0 Å². The molecule has 1 fully saturated rings. The van der Waals surface area contributed by atoms with Crippen LogP contribution in [0.25, 0.3) is 0 Å². The Morgan fingerprint density at radius 2 is 1.90 bits per heavy atom. The van der Waals surface area contributed by atoms with Crippen molar-refractivity contribution in [2.24, 2.45) is 0 Å². The molecule has 0 aromatic rings. The first kappa shape index (κ1) is 8.02. The Labute approximate surface area is 62.8 Å². The average Bonchev–Trinajstić information content (AvgIpc) is 1.88. The fourth-order valence-corrected chi connectivity index (χ4v) is 1.52. The third kappa shape index (κ3) is 2.67. The monoisotopic (exact) mass is 143 g/mol. The molecule has 1 rings (SSSR count). The lowest BCUT2D eigenvalue weighted by Crippen LogP contribution is -2.35. The van der Waals surface area contributed by atoms with E-state index >= 15 is 0 Å². The highest BCUT2D eigenvalue weighted by Crippen LogP contribution is 2.08. The minimum Gasteiger partial charge on any atom is -0.392 e. The zero-order valence-electron chi connectivity index (χ0n) is 6.71. The summed E-state index contributed by atoms with van der Waals surface area (Å²) in [6.07, 6.45) is 3.84. The molecule has 2 nitrogen and oxygen atoms in total. The van der Waals surface area contributed by atoms with E-state index in [9.17, 15) is 0 Å². The maximum absolute atomic E-state index is 9.06. The zero-order valence-corrected chi connectivity index (χ0v) is 6.71. The summed E-state index contributed by atoms with van der Waals surface area (Å²) in [5.41, 5.74) is 0. The third-order valence-corrected chi connectivity index (χ3v) is 1.97. The maximum Gasteiger partial charge on any atom is 0.0639 e. The van der Waals surface area contributed by atoms with Crippen molar-refractivity contribution in [1.29, 1.82) is 0 Å². The number of rotatable bonds is 2. The summed E-state index contributed by atoms with van der Waals surface area (Å²) in [6, 6.07) is 0. The van der Waals surface area contributed by atoms with Crippen molar-refractivity contribution < 1.29 is 5.11 Å². The molecule has 60 valence electrons. The van der Waals surface area contributed by atoms with Gasteiger partial charge in [0.1, 0.15) is 0 Å². The van der Waals surface area contributed by atoms with E-state index in [1.54, 1.807) is 0 Å². The molecule has 0 aliphatic carbocycles. The molecule has 0 aromatic carbocycles. The van der Waals surface area contributed by atoms with Gasteiger partial charge in [-0.25, -0.2) is 0 Å². The van der Waals surface area contributed by atoms with E-state index in [0.717, 1.165) is 6.54 Å². The van der Waals surface area contributed by atoms with Gasteiger partial charge in [-0.05, 0) is 32.9 Å². The number of likely N-dealkylation sites (tertiary alicyclic amines) is 1. The van der Waals surface area contributed by atoms with Crippen molar-refractivity contribution in [3.05, 3.63) is 0 Å². The van der Waals surface area contributed by atoms with Crippen molar-refractivity contribution in [1.82, 2.24) is 4.90 Å². The van der Waals surface area contributed by atoms with Gasteiger partial charge in [0.05, 0.1) is 6.10 Å². The fraction of sp³-hybridized carbons (Fsp3) is 1.00. The van der Waals surface area contributed by atoms with Gasteiger partial charge in [-0.15, -0.1) is 0 Å². The van der Waals surface area contributed by atoms with Crippen LogP contribution in [0.2, 0.25) is 0 Å². The number of hydrogen-bond acceptors (Lipinski definition) is 2. The quantitative estimate of drug-likeness (QED) is 0.619. The van der Waals surface area contributed by atoms with Crippen LogP contribution in [0.3, 0.4) is 0 Å². The highest BCUT2D eigenvalue weighted by atomic mass is 16.3. The largest absolute Gasteiger partial charge is 0.392 e. The van der Waals surface area contributed by atoms with E-state index in [1.807, 2.05) is 6.92 Å². The van der Waals surface area contributed by atoms with Crippen molar-refractivity contribution in [3.8, 4) is 0 Å². The Morgan fingerprint density at radius 3 is 2.40 bits per heavy atom. The highest BCUT2D eigenvalue weighted by Gasteiger charge is 2.10. The van der Waals surface area contributed by atoms with Crippen LogP contribution in [0.4, 0.5) is 0 Å². The molecular weight excluding hydrogens is 126 g/mol. The molecule has 10 heavy (non-hydrogen) atoms. The SMILES string of the molecule is C[C@@H](O)CN1CCCCC1. The van der Waals surface area contributed by atoms with Crippen LogP contribution in [0, 0.1) is 0 Å². The predicted molar refractivity (Wildman–Crippen MR) is 42.0 cm³/mol. The maximum atomic E-state index is 9.06. The molecule has 0 spiro atoms. The topological polar surface area (TPSA) is 23.5 Å². The summed E-state index contributed by atoms with van der Waals surface area (Å²) >= 11 is 0. The Hall–Kier alpha value is -0.0800.